The average molecular weight is 390 g/mol. The van der Waals surface area contributed by atoms with E-state index in [2.05, 4.69) is 9.88 Å². The molecule has 2 fully saturated rings. The van der Waals surface area contributed by atoms with Crippen molar-refractivity contribution in [2.75, 3.05) is 6.61 Å². The van der Waals surface area contributed by atoms with Crippen LogP contribution in [0.25, 0.3) is 0 Å². The molecule has 28 heavy (non-hydrogen) atoms. The smallest absolute Gasteiger partial charge is 0.161 e. The molecule has 1 aromatic heterocycles. The van der Waals surface area contributed by atoms with Crippen LogP contribution in [0.1, 0.15) is 53.9 Å². The fourth-order valence-corrected chi connectivity index (χ4v) is 4.17. The molecule has 3 atom stereocenters. The molecule has 1 aromatic carbocycles. The van der Waals surface area contributed by atoms with E-state index in [4.69, 9.17) is 15.5 Å². The van der Waals surface area contributed by atoms with Crippen molar-refractivity contribution in [3.05, 3.63) is 58.4 Å². The molecular weight excluding hydrogens is 369 g/mol. The molecule has 0 bridgehead atoms. The van der Waals surface area contributed by atoms with E-state index in [0.717, 1.165) is 42.5 Å². The maximum atomic E-state index is 14.1. The number of benzene rings is 1. The van der Waals surface area contributed by atoms with Crippen LogP contribution in [0.2, 0.25) is 0 Å². The van der Waals surface area contributed by atoms with Gasteiger partial charge in [-0.1, -0.05) is 0 Å². The second kappa shape index (κ2) is 6.79. The summed E-state index contributed by atoms with van der Waals surface area (Å²) in [5, 5.41) is 0. The molecule has 1 aliphatic carbocycles. The highest BCUT2D eigenvalue weighted by Gasteiger charge is 2.37. The summed E-state index contributed by atoms with van der Waals surface area (Å²) in [6.45, 7) is 1.78. The molecule has 0 unspecified atom stereocenters. The molecule has 0 radical (unpaired) electrons. The molecule has 2 aliphatic heterocycles. The van der Waals surface area contributed by atoms with Gasteiger partial charge in [-0.3, -0.25) is 4.90 Å². The molecule has 5 rings (SSSR count). The first kappa shape index (κ1) is 18.0. The van der Waals surface area contributed by atoms with Gasteiger partial charge in [-0.15, -0.1) is 0 Å². The Bertz CT molecular complexity index is 921. The van der Waals surface area contributed by atoms with Gasteiger partial charge in [-0.2, -0.15) is 0 Å². The summed E-state index contributed by atoms with van der Waals surface area (Å²) >= 11 is 0. The van der Waals surface area contributed by atoms with Crippen LogP contribution < -0.4 is 5.73 Å². The van der Waals surface area contributed by atoms with Crippen molar-refractivity contribution in [2.24, 2.45) is 5.73 Å². The number of hydrogen-bond donors (Lipinski definition) is 1. The number of halogens is 3. The van der Waals surface area contributed by atoms with Crippen LogP contribution in [-0.2, 0) is 17.8 Å². The van der Waals surface area contributed by atoms with Crippen LogP contribution in [0, 0.1) is 17.5 Å². The van der Waals surface area contributed by atoms with E-state index >= 15 is 0 Å². The van der Waals surface area contributed by atoms with Gasteiger partial charge in [0.15, 0.2) is 11.6 Å². The third-order valence-electron chi connectivity index (χ3n) is 5.91. The number of ether oxygens (including phenoxy) is 1. The van der Waals surface area contributed by atoms with Crippen LogP contribution in [0.15, 0.2) is 18.3 Å². The van der Waals surface area contributed by atoms with Crippen molar-refractivity contribution in [1.29, 1.82) is 0 Å². The van der Waals surface area contributed by atoms with E-state index < -0.39 is 29.6 Å². The summed E-state index contributed by atoms with van der Waals surface area (Å²) < 4.78 is 46.7. The molecule has 2 N–H and O–H groups in total. The Morgan fingerprint density at radius 2 is 1.86 bits per heavy atom. The fourth-order valence-electron chi connectivity index (χ4n) is 4.17. The van der Waals surface area contributed by atoms with E-state index in [9.17, 15) is 13.2 Å². The summed E-state index contributed by atoms with van der Waals surface area (Å²) in [5.74, 6) is -1.71. The molecule has 2 aromatic rings. The lowest BCUT2D eigenvalue weighted by molar-refractivity contribution is -0.0532. The second-order valence-corrected chi connectivity index (χ2v) is 7.97. The van der Waals surface area contributed by atoms with Crippen LogP contribution in [0.5, 0.6) is 0 Å². The Balaban J connectivity index is 1.28. The van der Waals surface area contributed by atoms with Crippen LogP contribution >= 0.6 is 0 Å². The molecule has 8 heteroatoms. The molecule has 5 nitrogen and oxygen atoms in total. The number of rotatable bonds is 3. The van der Waals surface area contributed by atoms with E-state index in [1.807, 2.05) is 6.20 Å². The van der Waals surface area contributed by atoms with Crippen molar-refractivity contribution in [1.82, 2.24) is 14.9 Å². The minimum absolute atomic E-state index is 0.0329. The summed E-state index contributed by atoms with van der Waals surface area (Å²) in [6, 6.07) is 0.921. The van der Waals surface area contributed by atoms with E-state index in [1.54, 1.807) is 0 Å². The Morgan fingerprint density at radius 3 is 2.61 bits per heavy atom. The number of nitrogens with two attached hydrogens (primary N) is 1. The van der Waals surface area contributed by atoms with Gasteiger partial charge in [0.1, 0.15) is 17.7 Å². The number of hydrogen-bond acceptors (Lipinski definition) is 5. The average Bonchev–Trinajstić information content (AvgIpc) is 3.43. The minimum atomic E-state index is -1.22. The first-order valence-corrected chi connectivity index (χ1v) is 9.60. The largest absolute Gasteiger partial charge is 0.370 e. The molecule has 0 spiro atoms. The molecule has 3 heterocycles. The lowest BCUT2D eigenvalue weighted by atomic mass is 9.93. The summed E-state index contributed by atoms with van der Waals surface area (Å²) in [5.41, 5.74) is 8.38. The molecule has 0 amide bonds. The zero-order valence-electron chi connectivity index (χ0n) is 15.2. The molecule has 1 saturated carbocycles. The first-order chi connectivity index (χ1) is 13.5. The zero-order chi connectivity index (χ0) is 19.4. The van der Waals surface area contributed by atoms with Crippen LogP contribution in [0.3, 0.4) is 0 Å². The van der Waals surface area contributed by atoms with Gasteiger partial charge in [-0.05, 0) is 25.3 Å². The number of nitrogens with zero attached hydrogens (tertiary/aromatic N) is 3. The van der Waals surface area contributed by atoms with Crippen LogP contribution in [-0.4, -0.2) is 33.6 Å². The molecule has 3 aliphatic rings. The highest BCUT2D eigenvalue weighted by Crippen LogP contribution is 2.39. The quantitative estimate of drug-likeness (QED) is 0.817. The van der Waals surface area contributed by atoms with Crippen molar-refractivity contribution in [3.8, 4) is 0 Å². The molecule has 148 valence electrons. The van der Waals surface area contributed by atoms with Gasteiger partial charge in [0.05, 0.1) is 12.3 Å². The maximum absolute atomic E-state index is 14.1. The standard InChI is InChI=1S/C20H21F3N4O/c21-14-5-16(23)15(22)4-13(14)19-17(24)3-12(9-28-19)27-7-11-6-25-20(10-1-2-10)26-18(11)8-27/h4-6,10,12,17,19H,1-3,7-9,24H2/t12-,17-,19+/m0/s1. The molecular formula is C20H21F3N4O. The third-order valence-corrected chi connectivity index (χ3v) is 5.91. The Morgan fingerprint density at radius 1 is 1.07 bits per heavy atom. The van der Waals surface area contributed by atoms with Gasteiger partial charge >= 0.3 is 0 Å². The molecule has 1 saturated heterocycles. The lowest BCUT2D eigenvalue weighted by Gasteiger charge is -2.38. The van der Waals surface area contributed by atoms with Gasteiger partial charge in [0.2, 0.25) is 0 Å². The van der Waals surface area contributed by atoms with E-state index in [-0.39, 0.29) is 11.6 Å². The van der Waals surface area contributed by atoms with Gasteiger partial charge in [0.25, 0.3) is 0 Å². The first-order valence-electron chi connectivity index (χ1n) is 9.60. The Kier molecular flexibility index (Phi) is 4.37. The topological polar surface area (TPSA) is 64.3 Å². The monoisotopic (exact) mass is 390 g/mol. The van der Waals surface area contributed by atoms with Crippen molar-refractivity contribution in [3.63, 3.8) is 0 Å². The van der Waals surface area contributed by atoms with Crippen LogP contribution in [0.4, 0.5) is 13.2 Å². The second-order valence-electron chi connectivity index (χ2n) is 7.97. The summed E-state index contributed by atoms with van der Waals surface area (Å²) in [7, 11) is 0. The predicted octanol–water partition coefficient (Wildman–Crippen LogP) is 2.94. The van der Waals surface area contributed by atoms with Gasteiger partial charge < -0.3 is 10.5 Å². The SMILES string of the molecule is N[C@H]1C[C@H](N2Cc3cnc(C4CC4)nc3C2)CO[C@@H]1c1cc(F)c(F)cc1F. The van der Waals surface area contributed by atoms with Gasteiger partial charge in [-0.25, -0.2) is 23.1 Å². The maximum Gasteiger partial charge on any atom is 0.161 e. The Labute approximate surface area is 160 Å². The zero-order valence-corrected chi connectivity index (χ0v) is 15.2. The highest BCUT2D eigenvalue weighted by atomic mass is 19.2. The van der Waals surface area contributed by atoms with Crippen molar-refractivity contribution < 1.29 is 17.9 Å². The van der Waals surface area contributed by atoms with E-state index in [0.29, 0.717) is 31.6 Å². The minimum Gasteiger partial charge on any atom is -0.370 e. The predicted molar refractivity (Wildman–Crippen MR) is 94.6 cm³/mol. The lowest BCUT2D eigenvalue weighted by Crippen LogP contribution is -2.47. The number of fused-ring (bicyclic) bond motifs is 1. The van der Waals surface area contributed by atoms with Gasteiger partial charge in [0, 0.05) is 54.5 Å². The van der Waals surface area contributed by atoms with Crippen molar-refractivity contribution in [2.45, 2.75) is 56.5 Å². The van der Waals surface area contributed by atoms with E-state index in [1.165, 1.54) is 0 Å². The Hall–Kier alpha value is -2.03. The fraction of sp³-hybridized carbons (Fsp3) is 0.500. The summed E-state index contributed by atoms with van der Waals surface area (Å²) in [4.78, 5) is 11.4. The summed E-state index contributed by atoms with van der Waals surface area (Å²) in [6.07, 6.45) is 4.02. The van der Waals surface area contributed by atoms with Crippen molar-refractivity contribution >= 4 is 0 Å². The third kappa shape index (κ3) is 3.19. The normalized spacial score (nSPS) is 27.8. The number of aromatic nitrogens is 2. The highest BCUT2D eigenvalue weighted by molar-refractivity contribution is 5.26.